The Labute approximate surface area is 201 Å². The van der Waals surface area contributed by atoms with E-state index in [0.29, 0.717) is 11.5 Å². The van der Waals surface area contributed by atoms with E-state index in [1.165, 1.54) is 24.5 Å². The molecular formula is C26H26F3NO5. The van der Waals surface area contributed by atoms with E-state index in [9.17, 15) is 22.8 Å². The molecule has 0 aliphatic carbocycles. The van der Waals surface area contributed by atoms with Crippen molar-refractivity contribution in [1.82, 2.24) is 4.90 Å². The Balaban J connectivity index is 0.000000540. The monoisotopic (exact) mass is 489 g/mol. The molecule has 2 N–H and O–H groups in total. The van der Waals surface area contributed by atoms with Gasteiger partial charge in [-0.1, -0.05) is 54.6 Å². The van der Waals surface area contributed by atoms with Crippen LogP contribution in [0.5, 0.6) is 0 Å². The number of carbonyl (C=O) groups excluding carboxylic acids is 1. The van der Waals surface area contributed by atoms with Gasteiger partial charge in [0.25, 0.3) is 0 Å². The lowest BCUT2D eigenvalue weighted by Gasteiger charge is -2.29. The van der Waals surface area contributed by atoms with Crippen LogP contribution in [-0.4, -0.2) is 59.1 Å². The molecule has 1 saturated heterocycles. The summed E-state index contributed by atoms with van der Waals surface area (Å²) in [6, 6.07) is 15.4. The molecule has 0 atom stereocenters. The lowest BCUT2D eigenvalue weighted by atomic mass is 9.89. The second-order valence-electron chi connectivity index (χ2n) is 8.04. The lowest BCUT2D eigenvalue weighted by Crippen LogP contribution is -2.29. The summed E-state index contributed by atoms with van der Waals surface area (Å²) in [7, 11) is 2.16. The minimum Gasteiger partial charge on any atom is -0.478 e. The van der Waals surface area contributed by atoms with Crippen LogP contribution in [0.15, 0.2) is 60.7 Å². The summed E-state index contributed by atoms with van der Waals surface area (Å²) < 4.78 is 31.7. The third-order valence-corrected chi connectivity index (χ3v) is 5.41. The second kappa shape index (κ2) is 12.7. The average molecular weight is 489 g/mol. The molecule has 9 heteroatoms. The van der Waals surface area contributed by atoms with Crippen LogP contribution in [0, 0.1) is 0 Å². The fraction of sp³-hybridized carbons (Fsp3) is 0.269. The number of ketones is 1. The molecule has 35 heavy (non-hydrogen) atoms. The molecule has 1 heterocycles. The van der Waals surface area contributed by atoms with Gasteiger partial charge in [-0.3, -0.25) is 4.79 Å². The predicted molar refractivity (Wildman–Crippen MR) is 126 cm³/mol. The predicted octanol–water partition coefficient (Wildman–Crippen LogP) is 5.12. The molecule has 1 aliphatic rings. The average Bonchev–Trinajstić information content (AvgIpc) is 2.82. The third-order valence-electron chi connectivity index (χ3n) is 5.41. The number of carboxylic acid groups (broad SMARTS) is 2. The van der Waals surface area contributed by atoms with Gasteiger partial charge >= 0.3 is 18.1 Å². The van der Waals surface area contributed by atoms with Crippen LogP contribution in [-0.2, 0) is 9.59 Å². The highest BCUT2D eigenvalue weighted by molar-refractivity contribution is 6.06. The van der Waals surface area contributed by atoms with Gasteiger partial charge in [-0.15, -0.1) is 0 Å². The molecule has 0 bridgehead atoms. The molecule has 1 fully saturated rings. The zero-order chi connectivity index (χ0) is 26.0. The molecular weight excluding hydrogens is 463 g/mol. The van der Waals surface area contributed by atoms with Crippen LogP contribution < -0.4 is 0 Å². The maximum Gasteiger partial charge on any atom is 0.490 e. The second-order valence-corrected chi connectivity index (χ2v) is 8.04. The van der Waals surface area contributed by atoms with Gasteiger partial charge < -0.3 is 15.1 Å². The minimum absolute atomic E-state index is 0.0234. The number of allylic oxidation sites excluding steroid dienone is 1. The summed E-state index contributed by atoms with van der Waals surface area (Å²) in [6.45, 7) is 2.25. The van der Waals surface area contributed by atoms with Crippen molar-refractivity contribution in [2.75, 3.05) is 20.1 Å². The van der Waals surface area contributed by atoms with Crippen molar-refractivity contribution in [1.29, 1.82) is 0 Å². The van der Waals surface area contributed by atoms with E-state index in [1.54, 1.807) is 12.2 Å². The Morgan fingerprint density at radius 2 is 1.31 bits per heavy atom. The van der Waals surface area contributed by atoms with E-state index in [4.69, 9.17) is 15.0 Å². The molecule has 0 aromatic heterocycles. The van der Waals surface area contributed by atoms with Crippen molar-refractivity contribution in [2.24, 2.45) is 0 Å². The van der Waals surface area contributed by atoms with Gasteiger partial charge in [0.05, 0.1) is 0 Å². The van der Waals surface area contributed by atoms with E-state index >= 15 is 0 Å². The fourth-order valence-electron chi connectivity index (χ4n) is 3.42. The zero-order valence-corrected chi connectivity index (χ0v) is 19.0. The third kappa shape index (κ3) is 9.58. The SMILES string of the molecule is CN1CCC(c2ccc(C(=O)/C=C/c3ccc(/C=C/C(=O)O)cc3)cc2)CC1.O=C(O)C(F)(F)F. The number of aliphatic carboxylic acids is 2. The Hall–Kier alpha value is -3.72. The summed E-state index contributed by atoms with van der Waals surface area (Å²) in [5.74, 6) is -3.17. The first kappa shape index (κ1) is 27.5. The molecule has 6 nitrogen and oxygen atoms in total. The molecule has 0 radical (unpaired) electrons. The van der Waals surface area contributed by atoms with Crippen LogP contribution in [0.1, 0.15) is 45.8 Å². The number of likely N-dealkylation sites (tertiary alicyclic amines) is 1. The van der Waals surface area contributed by atoms with Crippen molar-refractivity contribution in [3.05, 3.63) is 82.9 Å². The minimum atomic E-state index is -5.08. The zero-order valence-electron chi connectivity index (χ0n) is 19.0. The van der Waals surface area contributed by atoms with Gasteiger partial charge in [0.1, 0.15) is 0 Å². The Bertz CT molecular complexity index is 1070. The number of halogens is 3. The first-order valence-electron chi connectivity index (χ1n) is 10.8. The summed E-state index contributed by atoms with van der Waals surface area (Å²) in [5, 5.41) is 15.8. The van der Waals surface area contributed by atoms with Crippen molar-refractivity contribution in [3.63, 3.8) is 0 Å². The quantitative estimate of drug-likeness (QED) is 0.432. The van der Waals surface area contributed by atoms with Gasteiger partial charge in [-0.2, -0.15) is 13.2 Å². The van der Waals surface area contributed by atoms with Gasteiger partial charge in [0.15, 0.2) is 5.78 Å². The van der Waals surface area contributed by atoms with Gasteiger partial charge in [-0.05, 0) is 67.7 Å². The molecule has 0 amide bonds. The molecule has 1 aliphatic heterocycles. The molecule has 0 saturated carbocycles. The largest absolute Gasteiger partial charge is 0.490 e. The van der Waals surface area contributed by atoms with Crippen LogP contribution in [0.25, 0.3) is 12.2 Å². The topological polar surface area (TPSA) is 94.9 Å². The number of hydrogen-bond donors (Lipinski definition) is 2. The van der Waals surface area contributed by atoms with Crippen molar-refractivity contribution >= 4 is 29.9 Å². The molecule has 2 aromatic carbocycles. The Kier molecular flexibility index (Phi) is 9.96. The van der Waals surface area contributed by atoms with Crippen LogP contribution in [0.3, 0.4) is 0 Å². The highest BCUT2D eigenvalue weighted by Gasteiger charge is 2.38. The maximum atomic E-state index is 12.4. The normalized spacial score (nSPS) is 15.1. The Morgan fingerprint density at radius 1 is 0.857 bits per heavy atom. The Morgan fingerprint density at radius 3 is 1.74 bits per heavy atom. The number of carboxylic acids is 2. The first-order valence-corrected chi connectivity index (χ1v) is 10.8. The summed E-state index contributed by atoms with van der Waals surface area (Å²) >= 11 is 0. The summed E-state index contributed by atoms with van der Waals surface area (Å²) in [6.07, 6.45) is 3.24. The number of hydrogen-bond acceptors (Lipinski definition) is 4. The number of benzene rings is 2. The summed E-state index contributed by atoms with van der Waals surface area (Å²) in [4.78, 5) is 34.2. The number of alkyl halides is 3. The number of nitrogens with zero attached hydrogens (tertiary/aromatic N) is 1. The van der Waals surface area contributed by atoms with Crippen molar-refractivity contribution < 1.29 is 37.8 Å². The number of piperidine rings is 1. The lowest BCUT2D eigenvalue weighted by molar-refractivity contribution is -0.192. The fourth-order valence-corrected chi connectivity index (χ4v) is 3.42. The van der Waals surface area contributed by atoms with E-state index in [0.717, 1.165) is 30.3 Å². The van der Waals surface area contributed by atoms with Gasteiger partial charge in [0, 0.05) is 11.6 Å². The van der Waals surface area contributed by atoms with E-state index in [1.807, 2.05) is 36.4 Å². The van der Waals surface area contributed by atoms with Crippen LogP contribution >= 0.6 is 0 Å². The molecule has 186 valence electrons. The van der Waals surface area contributed by atoms with Crippen LogP contribution in [0.2, 0.25) is 0 Å². The standard InChI is InChI=1S/C24H25NO3.C2HF3O2/c1-25-16-14-21(15-17-25)20-8-10-22(11-9-20)23(26)12-6-18-2-4-19(5-3-18)7-13-24(27)28;3-2(4,5)1(6)7/h2-13,21H,14-17H2,1H3,(H,27,28);(H,6,7)/b12-6+,13-7+;. The van der Waals surface area contributed by atoms with Crippen molar-refractivity contribution in [3.8, 4) is 0 Å². The van der Waals surface area contributed by atoms with E-state index < -0.39 is 18.1 Å². The number of rotatable bonds is 6. The molecule has 0 spiro atoms. The highest BCUT2D eigenvalue weighted by atomic mass is 19.4. The van der Waals surface area contributed by atoms with Gasteiger partial charge in [-0.25, -0.2) is 9.59 Å². The van der Waals surface area contributed by atoms with E-state index in [-0.39, 0.29) is 5.78 Å². The van der Waals surface area contributed by atoms with Crippen LogP contribution in [0.4, 0.5) is 13.2 Å². The van der Waals surface area contributed by atoms with E-state index in [2.05, 4.69) is 24.1 Å². The highest BCUT2D eigenvalue weighted by Crippen LogP contribution is 2.27. The smallest absolute Gasteiger partial charge is 0.478 e. The summed E-state index contributed by atoms with van der Waals surface area (Å²) in [5.41, 5.74) is 3.70. The maximum absolute atomic E-state index is 12.4. The molecule has 3 rings (SSSR count). The number of carbonyl (C=O) groups is 3. The molecule has 0 unspecified atom stereocenters. The van der Waals surface area contributed by atoms with Crippen molar-refractivity contribution in [2.45, 2.75) is 24.9 Å². The van der Waals surface area contributed by atoms with Gasteiger partial charge in [0.2, 0.25) is 0 Å². The first-order chi connectivity index (χ1) is 16.5. The molecule has 2 aromatic rings.